The van der Waals surface area contributed by atoms with Gasteiger partial charge in [-0.15, -0.1) is 0 Å². The van der Waals surface area contributed by atoms with Gasteiger partial charge in [0.1, 0.15) is 18.1 Å². The molecule has 0 fully saturated rings. The van der Waals surface area contributed by atoms with Crippen LogP contribution in [0.4, 0.5) is 0 Å². The molecule has 1 aromatic carbocycles. The molecule has 0 spiro atoms. The Labute approximate surface area is 107 Å². The lowest BCUT2D eigenvalue weighted by Gasteiger charge is -2.08. The van der Waals surface area contributed by atoms with Crippen LogP contribution in [0.5, 0.6) is 5.75 Å². The second-order valence-corrected chi connectivity index (χ2v) is 4.65. The van der Waals surface area contributed by atoms with Crippen molar-refractivity contribution in [1.29, 1.82) is 0 Å². The second kappa shape index (κ2) is 4.86. The van der Waals surface area contributed by atoms with Crippen LogP contribution in [0.1, 0.15) is 28.9 Å². The van der Waals surface area contributed by atoms with Gasteiger partial charge in [-0.25, -0.2) is 0 Å². The third-order valence-corrected chi connectivity index (χ3v) is 3.49. The smallest absolute Gasteiger partial charge is 0.123 e. The molecular weight excluding hydrogens is 226 g/mol. The second-order valence-electron chi connectivity index (χ2n) is 4.65. The Morgan fingerprint density at radius 2 is 2.06 bits per heavy atom. The first-order chi connectivity index (χ1) is 8.86. The highest BCUT2D eigenvalue weighted by molar-refractivity contribution is 5.38. The van der Waals surface area contributed by atoms with Crippen molar-refractivity contribution < 1.29 is 9.15 Å². The van der Waals surface area contributed by atoms with Gasteiger partial charge in [0.15, 0.2) is 0 Å². The summed E-state index contributed by atoms with van der Waals surface area (Å²) in [4.78, 5) is 0. The van der Waals surface area contributed by atoms with Crippen molar-refractivity contribution in [3.63, 3.8) is 0 Å². The molecule has 1 aromatic heterocycles. The minimum absolute atomic E-state index is 0.413. The third-order valence-electron chi connectivity index (χ3n) is 3.49. The molecule has 18 heavy (non-hydrogen) atoms. The molecule has 0 saturated carbocycles. The fourth-order valence-electron chi connectivity index (χ4n) is 2.47. The standard InChI is InChI=1S/C15H17NO2/c16-9-15-13(6-7-17-15)10-18-14-5-4-11-2-1-3-12(11)8-14/h4-8H,1-3,9-10,16H2. The van der Waals surface area contributed by atoms with E-state index < -0.39 is 0 Å². The molecule has 2 N–H and O–H groups in total. The highest BCUT2D eigenvalue weighted by Crippen LogP contribution is 2.26. The minimum atomic E-state index is 0.413. The van der Waals surface area contributed by atoms with Crippen LogP contribution in [-0.4, -0.2) is 0 Å². The van der Waals surface area contributed by atoms with Crippen molar-refractivity contribution in [3.05, 3.63) is 53.0 Å². The fraction of sp³-hybridized carbons (Fsp3) is 0.333. The lowest BCUT2D eigenvalue weighted by atomic mass is 10.1. The molecule has 94 valence electrons. The molecule has 0 amide bonds. The number of furan rings is 1. The first kappa shape index (κ1) is 11.4. The van der Waals surface area contributed by atoms with E-state index >= 15 is 0 Å². The van der Waals surface area contributed by atoms with Crippen LogP contribution in [0.3, 0.4) is 0 Å². The zero-order valence-corrected chi connectivity index (χ0v) is 10.3. The number of hydrogen-bond donors (Lipinski definition) is 1. The van der Waals surface area contributed by atoms with E-state index in [4.69, 9.17) is 14.9 Å². The van der Waals surface area contributed by atoms with Crippen molar-refractivity contribution in [2.45, 2.75) is 32.4 Å². The average Bonchev–Trinajstić information content (AvgIpc) is 3.04. The normalized spacial score (nSPS) is 13.6. The number of rotatable bonds is 4. The van der Waals surface area contributed by atoms with Crippen LogP contribution in [-0.2, 0) is 26.0 Å². The maximum atomic E-state index is 5.80. The molecule has 0 bridgehead atoms. The number of fused-ring (bicyclic) bond motifs is 1. The Balaban J connectivity index is 1.70. The molecule has 0 atom stereocenters. The molecule has 1 heterocycles. The van der Waals surface area contributed by atoms with Gasteiger partial charge in [-0.2, -0.15) is 0 Å². The van der Waals surface area contributed by atoms with Crippen LogP contribution in [0.2, 0.25) is 0 Å². The monoisotopic (exact) mass is 243 g/mol. The third kappa shape index (κ3) is 2.14. The molecular formula is C15H17NO2. The van der Waals surface area contributed by atoms with Crippen LogP contribution in [0.15, 0.2) is 34.9 Å². The van der Waals surface area contributed by atoms with E-state index in [0.717, 1.165) is 17.1 Å². The number of ether oxygens (including phenoxy) is 1. The number of benzene rings is 1. The summed E-state index contributed by atoms with van der Waals surface area (Å²) in [5, 5.41) is 0. The summed E-state index contributed by atoms with van der Waals surface area (Å²) >= 11 is 0. The Hall–Kier alpha value is -1.74. The van der Waals surface area contributed by atoms with E-state index in [0.29, 0.717) is 13.2 Å². The van der Waals surface area contributed by atoms with Gasteiger partial charge in [0.05, 0.1) is 12.8 Å². The van der Waals surface area contributed by atoms with E-state index in [1.54, 1.807) is 6.26 Å². The number of hydrogen-bond acceptors (Lipinski definition) is 3. The van der Waals surface area contributed by atoms with E-state index in [-0.39, 0.29) is 0 Å². The molecule has 3 rings (SSSR count). The zero-order valence-electron chi connectivity index (χ0n) is 10.3. The molecule has 3 nitrogen and oxygen atoms in total. The Kier molecular flexibility index (Phi) is 3.07. The largest absolute Gasteiger partial charge is 0.489 e. The van der Waals surface area contributed by atoms with Gasteiger partial charge in [0.25, 0.3) is 0 Å². The lowest BCUT2D eigenvalue weighted by molar-refractivity contribution is 0.302. The zero-order chi connectivity index (χ0) is 12.4. The van der Waals surface area contributed by atoms with Gasteiger partial charge in [-0.3, -0.25) is 0 Å². The summed E-state index contributed by atoms with van der Waals surface area (Å²) in [6, 6.07) is 8.29. The molecule has 0 unspecified atom stereocenters. The molecule has 2 aromatic rings. The highest BCUT2D eigenvalue weighted by Gasteiger charge is 2.11. The van der Waals surface area contributed by atoms with Gasteiger partial charge in [0, 0.05) is 5.56 Å². The van der Waals surface area contributed by atoms with E-state index in [9.17, 15) is 0 Å². The van der Waals surface area contributed by atoms with Crippen molar-refractivity contribution in [1.82, 2.24) is 0 Å². The minimum Gasteiger partial charge on any atom is -0.489 e. The van der Waals surface area contributed by atoms with Gasteiger partial charge in [-0.05, 0) is 48.6 Å². The van der Waals surface area contributed by atoms with Crippen molar-refractivity contribution in [2.24, 2.45) is 5.73 Å². The van der Waals surface area contributed by atoms with Gasteiger partial charge in [-0.1, -0.05) is 6.07 Å². The van der Waals surface area contributed by atoms with Gasteiger partial charge in [0.2, 0.25) is 0 Å². The van der Waals surface area contributed by atoms with E-state index in [2.05, 4.69) is 12.1 Å². The lowest BCUT2D eigenvalue weighted by Crippen LogP contribution is -2.02. The van der Waals surface area contributed by atoms with E-state index in [1.807, 2.05) is 12.1 Å². The summed E-state index contributed by atoms with van der Waals surface area (Å²) < 4.78 is 11.1. The van der Waals surface area contributed by atoms with Gasteiger partial charge >= 0.3 is 0 Å². The molecule has 1 aliphatic rings. The molecule has 3 heteroatoms. The average molecular weight is 243 g/mol. The Morgan fingerprint density at radius 3 is 2.94 bits per heavy atom. The maximum Gasteiger partial charge on any atom is 0.123 e. The summed E-state index contributed by atoms with van der Waals surface area (Å²) in [6.45, 7) is 0.928. The summed E-state index contributed by atoms with van der Waals surface area (Å²) in [6.07, 6.45) is 5.29. The number of aryl methyl sites for hydroxylation is 2. The molecule has 0 radical (unpaired) electrons. The SMILES string of the molecule is NCc1occc1COc1ccc2c(c1)CCC2. The summed E-state index contributed by atoms with van der Waals surface area (Å²) in [5.74, 6) is 1.73. The quantitative estimate of drug-likeness (QED) is 0.898. The Bertz CT molecular complexity index is 545. The maximum absolute atomic E-state index is 5.80. The highest BCUT2D eigenvalue weighted by atomic mass is 16.5. The number of nitrogens with two attached hydrogens (primary N) is 1. The predicted octanol–water partition coefficient (Wildman–Crippen LogP) is 2.81. The van der Waals surface area contributed by atoms with E-state index in [1.165, 1.54) is 30.4 Å². The van der Waals surface area contributed by atoms with Crippen LogP contribution in [0, 0.1) is 0 Å². The van der Waals surface area contributed by atoms with Crippen LogP contribution in [0.25, 0.3) is 0 Å². The van der Waals surface area contributed by atoms with Crippen LogP contribution >= 0.6 is 0 Å². The first-order valence-electron chi connectivity index (χ1n) is 6.37. The van der Waals surface area contributed by atoms with Crippen molar-refractivity contribution >= 4 is 0 Å². The summed E-state index contributed by atoms with van der Waals surface area (Å²) in [5.41, 5.74) is 9.51. The fourth-order valence-corrected chi connectivity index (χ4v) is 2.47. The predicted molar refractivity (Wildman–Crippen MR) is 69.4 cm³/mol. The Morgan fingerprint density at radius 1 is 1.17 bits per heavy atom. The van der Waals surface area contributed by atoms with Gasteiger partial charge < -0.3 is 14.9 Å². The van der Waals surface area contributed by atoms with Crippen molar-refractivity contribution in [3.8, 4) is 5.75 Å². The molecule has 0 saturated heterocycles. The first-order valence-corrected chi connectivity index (χ1v) is 6.37. The van der Waals surface area contributed by atoms with Crippen molar-refractivity contribution in [2.75, 3.05) is 0 Å². The molecule has 0 aliphatic heterocycles. The van der Waals surface area contributed by atoms with Crippen LogP contribution < -0.4 is 10.5 Å². The summed E-state index contributed by atoms with van der Waals surface area (Å²) in [7, 11) is 0. The molecule has 1 aliphatic carbocycles. The topological polar surface area (TPSA) is 48.4 Å².